The molecule has 0 atom stereocenters. The molecule has 0 bridgehead atoms. The summed E-state index contributed by atoms with van der Waals surface area (Å²) in [5.74, 6) is -0.126. The van der Waals surface area contributed by atoms with Crippen LogP contribution in [0.2, 0.25) is 0 Å². The van der Waals surface area contributed by atoms with Crippen molar-refractivity contribution < 1.29 is 4.39 Å². The Labute approximate surface area is 99.4 Å². The maximum absolute atomic E-state index is 13.6. The van der Waals surface area contributed by atoms with Crippen LogP contribution in [-0.4, -0.2) is 18.0 Å². The first kappa shape index (κ1) is 12.7. The van der Waals surface area contributed by atoms with Crippen LogP contribution in [0.15, 0.2) is 16.6 Å². The van der Waals surface area contributed by atoms with Crippen molar-refractivity contribution in [3.8, 4) is 0 Å². The summed E-state index contributed by atoms with van der Waals surface area (Å²) in [5, 5.41) is 0. The largest absolute Gasteiger partial charge is 0.300 e. The highest BCUT2D eigenvalue weighted by Gasteiger charge is 2.08. The molecule has 15 heavy (non-hydrogen) atoms. The Balaban J connectivity index is 2.89. The lowest BCUT2D eigenvalue weighted by Gasteiger charge is -2.18. The Morgan fingerprint density at radius 2 is 1.87 bits per heavy atom. The van der Waals surface area contributed by atoms with Crippen molar-refractivity contribution in [1.29, 1.82) is 0 Å². The van der Waals surface area contributed by atoms with Crippen LogP contribution in [0.1, 0.15) is 25.0 Å². The molecular weight excluding hydrogens is 257 g/mol. The van der Waals surface area contributed by atoms with Gasteiger partial charge in [-0.25, -0.2) is 4.39 Å². The zero-order chi connectivity index (χ0) is 11.4. The first-order valence-corrected chi connectivity index (χ1v) is 6.04. The van der Waals surface area contributed by atoms with Gasteiger partial charge in [-0.2, -0.15) is 0 Å². The molecule has 0 N–H and O–H groups in total. The van der Waals surface area contributed by atoms with E-state index in [-0.39, 0.29) is 5.82 Å². The van der Waals surface area contributed by atoms with E-state index < -0.39 is 0 Å². The molecule has 3 heteroatoms. The van der Waals surface area contributed by atoms with Crippen molar-refractivity contribution >= 4 is 15.9 Å². The Hall–Kier alpha value is -0.410. The topological polar surface area (TPSA) is 3.24 Å². The minimum absolute atomic E-state index is 0.126. The van der Waals surface area contributed by atoms with E-state index in [1.165, 1.54) is 0 Å². The van der Waals surface area contributed by atoms with Crippen LogP contribution in [0, 0.1) is 12.7 Å². The number of benzene rings is 1. The maximum Gasteiger partial charge on any atom is 0.128 e. The molecule has 1 rings (SSSR count). The van der Waals surface area contributed by atoms with E-state index >= 15 is 0 Å². The lowest BCUT2D eigenvalue weighted by molar-refractivity contribution is 0.291. The molecule has 0 aliphatic heterocycles. The molecule has 1 nitrogen and oxygen atoms in total. The third-order valence-corrected chi connectivity index (χ3v) is 3.47. The second kappa shape index (κ2) is 5.61. The summed E-state index contributed by atoms with van der Waals surface area (Å²) < 4.78 is 14.4. The number of rotatable bonds is 4. The molecule has 0 saturated heterocycles. The average molecular weight is 274 g/mol. The van der Waals surface area contributed by atoms with Gasteiger partial charge in [-0.05, 0) is 31.6 Å². The third kappa shape index (κ3) is 3.28. The van der Waals surface area contributed by atoms with Crippen molar-refractivity contribution in [1.82, 2.24) is 4.90 Å². The molecule has 0 amide bonds. The normalized spacial score (nSPS) is 11.1. The zero-order valence-corrected chi connectivity index (χ0v) is 11.1. The zero-order valence-electron chi connectivity index (χ0n) is 9.48. The van der Waals surface area contributed by atoms with E-state index in [2.05, 4.69) is 34.7 Å². The van der Waals surface area contributed by atoms with Gasteiger partial charge in [-0.3, -0.25) is 4.90 Å². The van der Waals surface area contributed by atoms with Gasteiger partial charge in [-0.1, -0.05) is 35.8 Å². The number of hydrogen-bond acceptors (Lipinski definition) is 1. The standard InChI is InChI=1S/C12H17BrFN/c1-4-15(5-2)8-10-6-9(3)11(13)7-12(10)14/h6-7H,4-5,8H2,1-3H3. The van der Waals surface area contributed by atoms with E-state index in [0.29, 0.717) is 6.54 Å². The van der Waals surface area contributed by atoms with Crippen molar-refractivity contribution in [2.24, 2.45) is 0 Å². The fraction of sp³-hybridized carbons (Fsp3) is 0.500. The predicted molar refractivity (Wildman–Crippen MR) is 65.5 cm³/mol. The van der Waals surface area contributed by atoms with E-state index in [1.807, 2.05) is 13.0 Å². The van der Waals surface area contributed by atoms with Gasteiger partial charge in [0, 0.05) is 16.6 Å². The lowest BCUT2D eigenvalue weighted by Crippen LogP contribution is -2.22. The van der Waals surface area contributed by atoms with Crippen molar-refractivity contribution in [3.63, 3.8) is 0 Å². The number of aryl methyl sites for hydroxylation is 1. The second-order valence-electron chi connectivity index (χ2n) is 3.65. The highest BCUT2D eigenvalue weighted by atomic mass is 79.9. The summed E-state index contributed by atoms with van der Waals surface area (Å²) in [7, 11) is 0. The average Bonchev–Trinajstić information content (AvgIpc) is 2.21. The third-order valence-electron chi connectivity index (χ3n) is 2.62. The van der Waals surface area contributed by atoms with E-state index in [4.69, 9.17) is 0 Å². The van der Waals surface area contributed by atoms with Crippen LogP contribution in [-0.2, 0) is 6.54 Å². The van der Waals surface area contributed by atoms with Gasteiger partial charge in [0.2, 0.25) is 0 Å². The van der Waals surface area contributed by atoms with Crippen LogP contribution in [0.4, 0.5) is 4.39 Å². The molecule has 0 fully saturated rings. The van der Waals surface area contributed by atoms with Gasteiger partial charge < -0.3 is 0 Å². The quantitative estimate of drug-likeness (QED) is 0.808. The minimum atomic E-state index is -0.126. The van der Waals surface area contributed by atoms with Crippen molar-refractivity contribution in [2.75, 3.05) is 13.1 Å². The summed E-state index contributed by atoms with van der Waals surface area (Å²) in [6, 6.07) is 3.46. The molecule has 0 saturated carbocycles. The highest BCUT2D eigenvalue weighted by molar-refractivity contribution is 9.10. The molecule has 0 radical (unpaired) electrons. The molecule has 0 heterocycles. The molecule has 1 aromatic carbocycles. The summed E-state index contributed by atoms with van der Waals surface area (Å²) in [6.07, 6.45) is 0. The monoisotopic (exact) mass is 273 g/mol. The molecule has 0 aliphatic rings. The van der Waals surface area contributed by atoms with Gasteiger partial charge in [0.15, 0.2) is 0 Å². The SMILES string of the molecule is CCN(CC)Cc1cc(C)c(Br)cc1F. The first-order valence-electron chi connectivity index (χ1n) is 5.25. The number of nitrogens with zero attached hydrogens (tertiary/aromatic N) is 1. The van der Waals surface area contributed by atoms with Gasteiger partial charge in [0.1, 0.15) is 5.82 Å². The molecule has 0 aromatic heterocycles. The van der Waals surface area contributed by atoms with Crippen LogP contribution >= 0.6 is 15.9 Å². The van der Waals surface area contributed by atoms with Crippen LogP contribution in [0.25, 0.3) is 0 Å². The fourth-order valence-corrected chi connectivity index (χ4v) is 1.84. The summed E-state index contributed by atoms with van der Waals surface area (Å²) in [6.45, 7) is 8.75. The predicted octanol–water partition coefficient (Wildman–Crippen LogP) is 3.74. The van der Waals surface area contributed by atoms with Gasteiger partial charge in [0.05, 0.1) is 0 Å². The van der Waals surface area contributed by atoms with Crippen molar-refractivity contribution in [2.45, 2.75) is 27.3 Å². The summed E-state index contributed by atoms with van der Waals surface area (Å²) in [4.78, 5) is 2.20. The summed E-state index contributed by atoms with van der Waals surface area (Å²) in [5.41, 5.74) is 1.86. The van der Waals surface area contributed by atoms with E-state index in [0.717, 1.165) is 28.7 Å². The number of halogens is 2. The Morgan fingerprint density at radius 1 is 1.27 bits per heavy atom. The minimum Gasteiger partial charge on any atom is -0.300 e. The molecule has 1 aromatic rings. The van der Waals surface area contributed by atoms with Gasteiger partial charge in [0.25, 0.3) is 0 Å². The fourth-order valence-electron chi connectivity index (χ4n) is 1.53. The summed E-state index contributed by atoms with van der Waals surface area (Å²) >= 11 is 3.33. The number of hydrogen-bond donors (Lipinski definition) is 0. The molecule has 84 valence electrons. The van der Waals surface area contributed by atoms with Crippen LogP contribution < -0.4 is 0 Å². The van der Waals surface area contributed by atoms with Crippen LogP contribution in [0.3, 0.4) is 0 Å². The molecular formula is C12H17BrFN. The highest BCUT2D eigenvalue weighted by Crippen LogP contribution is 2.21. The maximum atomic E-state index is 13.6. The van der Waals surface area contributed by atoms with E-state index in [1.54, 1.807) is 6.07 Å². The Kier molecular flexibility index (Phi) is 4.74. The Bertz CT molecular complexity index is 335. The van der Waals surface area contributed by atoms with Crippen LogP contribution in [0.5, 0.6) is 0 Å². The van der Waals surface area contributed by atoms with E-state index in [9.17, 15) is 4.39 Å². The van der Waals surface area contributed by atoms with Gasteiger partial charge in [-0.15, -0.1) is 0 Å². The second-order valence-corrected chi connectivity index (χ2v) is 4.51. The first-order chi connectivity index (χ1) is 7.08. The molecule has 0 unspecified atom stereocenters. The lowest BCUT2D eigenvalue weighted by atomic mass is 10.1. The van der Waals surface area contributed by atoms with Crippen molar-refractivity contribution in [3.05, 3.63) is 33.5 Å². The molecule has 0 spiro atoms. The molecule has 0 aliphatic carbocycles. The Morgan fingerprint density at radius 3 is 2.40 bits per heavy atom. The smallest absolute Gasteiger partial charge is 0.128 e. The van der Waals surface area contributed by atoms with Gasteiger partial charge >= 0.3 is 0 Å².